The maximum Gasteiger partial charge on any atom is 0.225 e. The van der Waals surface area contributed by atoms with Gasteiger partial charge in [-0.05, 0) is 18.2 Å². The highest BCUT2D eigenvalue weighted by Crippen LogP contribution is 2.09. The smallest absolute Gasteiger partial charge is 0.225 e. The van der Waals surface area contributed by atoms with Crippen LogP contribution >= 0.6 is 0 Å². The molecule has 96 valence electrons. The number of rotatable bonds is 4. The van der Waals surface area contributed by atoms with Gasteiger partial charge in [-0.3, -0.25) is 0 Å². The molecule has 0 fully saturated rings. The first kappa shape index (κ1) is 12.8. The van der Waals surface area contributed by atoms with E-state index in [1.807, 2.05) is 37.2 Å². The number of aromatic nitrogens is 3. The van der Waals surface area contributed by atoms with E-state index in [9.17, 15) is 0 Å². The van der Waals surface area contributed by atoms with Crippen LogP contribution in [0, 0.1) is 11.3 Å². The zero-order valence-electron chi connectivity index (χ0n) is 10.8. The Kier molecular flexibility index (Phi) is 3.88. The molecule has 0 radical (unpaired) electrons. The van der Waals surface area contributed by atoms with E-state index >= 15 is 0 Å². The predicted molar refractivity (Wildman–Crippen MR) is 72.6 cm³/mol. The van der Waals surface area contributed by atoms with Crippen molar-refractivity contribution in [1.82, 2.24) is 15.0 Å². The minimum absolute atomic E-state index is 0.405. The van der Waals surface area contributed by atoms with Crippen molar-refractivity contribution in [1.29, 1.82) is 5.26 Å². The van der Waals surface area contributed by atoms with Crippen LogP contribution in [0.4, 0.5) is 11.6 Å². The topological polar surface area (TPSA) is 77.7 Å². The first-order chi connectivity index (χ1) is 9.19. The fourth-order valence-electron chi connectivity index (χ4n) is 1.46. The van der Waals surface area contributed by atoms with Gasteiger partial charge < -0.3 is 10.2 Å². The molecule has 0 aliphatic rings. The van der Waals surface area contributed by atoms with E-state index in [-0.39, 0.29) is 0 Å². The minimum Gasteiger partial charge on any atom is -0.378 e. The number of anilines is 2. The molecule has 2 aromatic rings. The van der Waals surface area contributed by atoms with Crippen LogP contribution < -0.4 is 10.2 Å². The summed E-state index contributed by atoms with van der Waals surface area (Å²) in [5, 5.41) is 11.9. The van der Waals surface area contributed by atoms with Crippen molar-refractivity contribution in [3.63, 3.8) is 0 Å². The molecule has 2 rings (SSSR count). The third-order valence-electron chi connectivity index (χ3n) is 2.45. The summed E-state index contributed by atoms with van der Waals surface area (Å²) in [5.41, 5.74) is 2.15. The highest BCUT2D eigenvalue weighted by Gasteiger charge is 2.01. The number of hydrogen-bond acceptors (Lipinski definition) is 6. The molecule has 0 spiro atoms. The van der Waals surface area contributed by atoms with Gasteiger partial charge in [0, 0.05) is 20.3 Å². The molecule has 19 heavy (non-hydrogen) atoms. The molecular weight excluding hydrogens is 240 g/mol. The molecule has 0 aliphatic carbocycles. The Bertz CT molecular complexity index is 585. The Morgan fingerprint density at radius 2 is 2.11 bits per heavy atom. The highest BCUT2D eigenvalue weighted by atomic mass is 15.2. The van der Waals surface area contributed by atoms with Gasteiger partial charge in [0.05, 0.1) is 24.1 Å². The number of pyridine rings is 1. The number of nitrogens with zero attached hydrogens (tertiary/aromatic N) is 5. The second-order valence-corrected chi connectivity index (χ2v) is 4.14. The Balaban J connectivity index is 2.02. The summed E-state index contributed by atoms with van der Waals surface area (Å²) in [7, 11) is 3.80. The highest BCUT2D eigenvalue weighted by molar-refractivity contribution is 5.43. The van der Waals surface area contributed by atoms with Crippen molar-refractivity contribution in [2.45, 2.75) is 6.54 Å². The molecule has 0 bridgehead atoms. The quantitative estimate of drug-likeness (QED) is 0.889. The lowest BCUT2D eigenvalue weighted by atomic mass is 10.3. The lowest BCUT2D eigenvalue weighted by Crippen LogP contribution is -2.14. The van der Waals surface area contributed by atoms with Gasteiger partial charge >= 0.3 is 0 Å². The van der Waals surface area contributed by atoms with Crippen LogP contribution in [-0.4, -0.2) is 29.0 Å². The van der Waals surface area contributed by atoms with E-state index in [1.54, 1.807) is 18.5 Å². The van der Waals surface area contributed by atoms with Gasteiger partial charge in [0.25, 0.3) is 0 Å². The maximum atomic E-state index is 8.66. The van der Waals surface area contributed by atoms with E-state index in [4.69, 9.17) is 5.26 Å². The number of hydrogen-bond donors (Lipinski definition) is 1. The van der Waals surface area contributed by atoms with Crippen molar-refractivity contribution < 1.29 is 0 Å². The normalized spacial score (nSPS) is 9.74. The first-order valence-electron chi connectivity index (χ1n) is 5.78. The molecule has 0 aromatic carbocycles. The molecule has 2 heterocycles. The van der Waals surface area contributed by atoms with Gasteiger partial charge in [-0.1, -0.05) is 0 Å². The summed E-state index contributed by atoms with van der Waals surface area (Å²) in [6, 6.07) is 7.33. The largest absolute Gasteiger partial charge is 0.378 e. The average molecular weight is 254 g/mol. The number of nitriles is 1. The third-order valence-corrected chi connectivity index (χ3v) is 2.45. The molecule has 6 nitrogen and oxygen atoms in total. The van der Waals surface area contributed by atoms with Crippen LogP contribution in [-0.2, 0) is 6.54 Å². The monoisotopic (exact) mass is 254 g/mol. The van der Waals surface area contributed by atoms with Crippen LogP contribution in [0.15, 0.2) is 30.6 Å². The van der Waals surface area contributed by atoms with Crippen molar-refractivity contribution >= 4 is 11.6 Å². The van der Waals surface area contributed by atoms with Gasteiger partial charge in [0.2, 0.25) is 5.95 Å². The van der Waals surface area contributed by atoms with Crippen molar-refractivity contribution in [2.75, 3.05) is 24.3 Å². The molecular formula is C13H14N6. The van der Waals surface area contributed by atoms with E-state index in [1.165, 1.54) is 0 Å². The van der Waals surface area contributed by atoms with Gasteiger partial charge in [0.1, 0.15) is 11.8 Å². The minimum atomic E-state index is 0.405. The van der Waals surface area contributed by atoms with E-state index in [0.29, 0.717) is 18.2 Å². The molecule has 0 aliphatic heterocycles. The van der Waals surface area contributed by atoms with Crippen molar-refractivity contribution in [3.05, 3.63) is 42.0 Å². The third kappa shape index (κ3) is 3.39. The van der Waals surface area contributed by atoms with E-state index in [2.05, 4.69) is 20.3 Å². The zero-order chi connectivity index (χ0) is 13.7. The zero-order valence-corrected chi connectivity index (χ0v) is 10.8. The molecule has 0 amide bonds. The summed E-state index contributed by atoms with van der Waals surface area (Å²) in [6.07, 6.45) is 3.36. The summed E-state index contributed by atoms with van der Waals surface area (Å²) in [4.78, 5) is 14.4. The van der Waals surface area contributed by atoms with Crippen LogP contribution in [0.2, 0.25) is 0 Å². The Morgan fingerprint density at radius 1 is 1.26 bits per heavy atom. The standard InChI is InChI=1S/C13H14N6/c1-19(2)13-15-6-5-12(18-13)9-17-11-4-3-10(7-14)16-8-11/h3-6,8,17H,9H2,1-2H3. The van der Waals surface area contributed by atoms with Crippen LogP contribution in [0.5, 0.6) is 0 Å². The fourth-order valence-corrected chi connectivity index (χ4v) is 1.46. The summed E-state index contributed by atoms with van der Waals surface area (Å²) in [5.74, 6) is 0.678. The summed E-state index contributed by atoms with van der Waals surface area (Å²) < 4.78 is 0. The lowest BCUT2D eigenvalue weighted by Gasteiger charge is -2.11. The Hall–Kier alpha value is -2.68. The van der Waals surface area contributed by atoms with Crippen LogP contribution in [0.1, 0.15) is 11.4 Å². The van der Waals surface area contributed by atoms with E-state index < -0.39 is 0 Å². The van der Waals surface area contributed by atoms with Crippen LogP contribution in [0.3, 0.4) is 0 Å². The van der Waals surface area contributed by atoms with Crippen molar-refractivity contribution in [2.24, 2.45) is 0 Å². The van der Waals surface area contributed by atoms with Gasteiger partial charge in [0.15, 0.2) is 0 Å². The number of nitrogens with one attached hydrogen (secondary N) is 1. The van der Waals surface area contributed by atoms with Crippen LogP contribution in [0.25, 0.3) is 0 Å². The van der Waals surface area contributed by atoms with Gasteiger partial charge in [-0.2, -0.15) is 5.26 Å². The van der Waals surface area contributed by atoms with E-state index in [0.717, 1.165) is 11.4 Å². The molecule has 1 N–H and O–H groups in total. The summed E-state index contributed by atoms with van der Waals surface area (Å²) >= 11 is 0. The van der Waals surface area contributed by atoms with Gasteiger partial charge in [-0.25, -0.2) is 15.0 Å². The molecule has 0 unspecified atom stereocenters. The Labute approximate surface area is 111 Å². The first-order valence-corrected chi connectivity index (χ1v) is 5.78. The molecule has 0 saturated heterocycles. The second kappa shape index (κ2) is 5.78. The lowest BCUT2D eigenvalue weighted by molar-refractivity contribution is 0.943. The predicted octanol–water partition coefficient (Wildman–Crippen LogP) is 1.42. The second-order valence-electron chi connectivity index (χ2n) is 4.14. The average Bonchev–Trinajstić information content (AvgIpc) is 2.46. The molecule has 0 saturated carbocycles. The van der Waals surface area contributed by atoms with Gasteiger partial charge in [-0.15, -0.1) is 0 Å². The molecule has 0 atom stereocenters. The molecule has 2 aromatic heterocycles. The summed E-state index contributed by atoms with van der Waals surface area (Å²) in [6.45, 7) is 0.580. The SMILES string of the molecule is CN(C)c1nccc(CNc2ccc(C#N)nc2)n1. The fraction of sp³-hybridized carbons (Fsp3) is 0.231. The molecule has 6 heteroatoms. The Morgan fingerprint density at radius 3 is 2.74 bits per heavy atom. The van der Waals surface area contributed by atoms with Crippen molar-refractivity contribution in [3.8, 4) is 6.07 Å². The maximum absolute atomic E-state index is 8.66.